The highest BCUT2D eigenvalue weighted by Gasteiger charge is 2.16. The molecule has 8 heteroatoms. The van der Waals surface area contributed by atoms with Gasteiger partial charge in [-0.2, -0.15) is 0 Å². The van der Waals surface area contributed by atoms with Gasteiger partial charge in [-0.15, -0.1) is 0 Å². The number of halogens is 2. The zero-order valence-corrected chi connectivity index (χ0v) is 16.8. The fourth-order valence-corrected chi connectivity index (χ4v) is 2.80. The highest BCUT2D eigenvalue weighted by Crippen LogP contribution is 2.23. The van der Waals surface area contributed by atoms with E-state index in [0.717, 1.165) is 5.56 Å². The van der Waals surface area contributed by atoms with Crippen molar-refractivity contribution in [2.45, 2.75) is 6.92 Å². The van der Waals surface area contributed by atoms with Crippen molar-refractivity contribution in [1.82, 2.24) is 4.98 Å². The summed E-state index contributed by atoms with van der Waals surface area (Å²) in [6, 6.07) is 14.4. The van der Waals surface area contributed by atoms with Crippen LogP contribution in [0.3, 0.4) is 0 Å². The molecule has 1 aromatic heterocycles. The van der Waals surface area contributed by atoms with Gasteiger partial charge in [0.25, 0.3) is 11.8 Å². The maximum absolute atomic E-state index is 12.7. The molecule has 0 aliphatic carbocycles. The molecule has 0 fully saturated rings. The van der Waals surface area contributed by atoms with Crippen molar-refractivity contribution in [3.8, 4) is 0 Å². The van der Waals surface area contributed by atoms with Crippen molar-refractivity contribution in [2.75, 3.05) is 10.6 Å². The van der Waals surface area contributed by atoms with Gasteiger partial charge in [0.2, 0.25) is 0 Å². The lowest BCUT2D eigenvalue weighted by molar-refractivity contribution is 0.102. The molecule has 1 heterocycles. The van der Waals surface area contributed by atoms with Gasteiger partial charge in [0.05, 0.1) is 16.3 Å². The van der Waals surface area contributed by atoms with Crippen LogP contribution >= 0.6 is 23.2 Å². The molecule has 2 aromatic carbocycles. The SMILES string of the molecule is CC(=N)c1ccc(C(=O)Nc2ccc(Cl)cc2C(=O)Nc2ccc(Cl)cn2)cc1. The predicted octanol–water partition coefficient (Wildman–Crippen LogP) is 5.28. The fourth-order valence-electron chi connectivity index (χ4n) is 2.51. The normalized spacial score (nSPS) is 10.3. The minimum absolute atomic E-state index is 0.189. The number of carbonyl (C=O) groups is 2. The molecule has 0 aliphatic rings. The van der Waals surface area contributed by atoms with Gasteiger partial charge in [0.15, 0.2) is 0 Å². The second kappa shape index (κ2) is 8.86. The second-order valence-corrected chi connectivity index (χ2v) is 7.04. The average Bonchev–Trinajstić information content (AvgIpc) is 2.71. The van der Waals surface area contributed by atoms with Crippen LogP contribution < -0.4 is 10.6 Å². The first-order valence-corrected chi connectivity index (χ1v) is 9.28. The van der Waals surface area contributed by atoms with E-state index in [1.54, 1.807) is 55.5 Å². The Hall–Kier alpha value is -3.22. The fraction of sp³-hybridized carbons (Fsp3) is 0.0476. The molecule has 0 aliphatic heterocycles. The zero-order chi connectivity index (χ0) is 21.0. The van der Waals surface area contributed by atoms with Gasteiger partial charge in [-0.05, 0) is 55.0 Å². The summed E-state index contributed by atoms with van der Waals surface area (Å²) in [4.78, 5) is 29.3. The standard InChI is InChI=1S/C21H16Cl2N4O2/c1-12(24)13-2-4-14(5-3-13)20(28)26-18-8-6-15(22)10-17(18)21(29)27-19-9-7-16(23)11-25-19/h2-11,24H,1H3,(H,26,28)(H,25,27,29). The summed E-state index contributed by atoms with van der Waals surface area (Å²) in [6.07, 6.45) is 1.41. The van der Waals surface area contributed by atoms with Gasteiger partial charge in [0, 0.05) is 22.5 Å². The van der Waals surface area contributed by atoms with Crippen LogP contribution in [0.4, 0.5) is 11.5 Å². The summed E-state index contributed by atoms with van der Waals surface area (Å²) in [5.74, 6) is -0.554. The molecule has 3 aromatic rings. The number of rotatable bonds is 5. The Morgan fingerprint density at radius 3 is 2.14 bits per heavy atom. The van der Waals surface area contributed by atoms with Gasteiger partial charge in [-0.3, -0.25) is 9.59 Å². The summed E-state index contributed by atoms with van der Waals surface area (Å²) < 4.78 is 0. The van der Waals surface area contributed by atoms with Gasteiger partial charge in [0.1, 0.15) is 5.82 Å². The minimum atomic E-state index is -0.479. The Morgan fingerprint density at radius 1 is 0.862 bits per heavy atom. The molecule has 29 heavy (non-hydrogen) atoms. The van der Waals surface area contributed by atoms with Crippen LogP contribution in [0.2, 0.25) is 10.0 Å². The van der Waals surface area contributed by atoms with Gasteiger partial charge in [-0.1, -0.05) is 35.3 Å². The molecular formula is C21H16Cl2N4O2. The van der Waals surface area contributed by atoms with Crippen LogP contribution in [0.5, 0.6) is 0 Å². The molecule has 2 amide bonds. The van der Waals surface area contributed by atoms with Crippen LogP contribution in [0.15, 0.2) is 60.8 Å². The van der Waals surface area contributed by atoms with E-state index in [9.17, 15) is 9.59 Å². The number of anilines is 2. The molecule has 6 nitrogen and oxygen atoms in total. The lowest BCUT2D eigenvalue weighted by atomic mass is 10.1. The van der Waals surface area contributed by atoms with Crippen LogP contribution in [0, 0.1) is 5.41 Å². The van der Waals surface area contributed by atoms with Gasteiger partial charge >= 0.3 is 0 Å². The lowest BCUT2D eigenvalue weighted by Gasteiger charge is -2.12. The van der Waals surface area contributed by atoms with Crippen molar-refractivity contribution in [3.05, 3.63) is 87.5 Å². The number of nitrogens with one attached hydrogen (secondary N) is 3. The molecule has 0 unspecified atom stereocenters. The van der Waals surface area contributed by atoms with E-state index in [1.807, 2.05) is 0 Å². The number of hydrogen-bond acceptors (Lipinski definition) is 4. The lowest BCUT2D eigenvalue weighted by Crippen LogP contribution is -2.18. The molecule has 3 N–H and O–H groups in total. The predicted molar refractivity (Wildman–Crippen MR) is 116 cm³/mol. The summed E-state index contributed by atoms with van der Waals surface area (Å²) in [5.41, 5.74) is 2.02. The quantitative estimate of drug-likeness (QED) is 0.484. The number of nitrogens with zero attached hydrogens (tertiary/aromatic N) is 1. The Morgan fingerprint density at radius 2 is 1.52 bits per heavy atom. The molecule has 0 saturated carbocycles. The Labute approximate surface area is 177 Å². The number of hydrogen-bond donors (Lipinski definition) is 3. The smallest absolute Gasteiger partial charge is 0.258 e. The number of amides is 2. The summed E-state index contributed by atoms with van der Waals surface area (Å²) in [7, 11) is 0. The summed E-state index contributed by atoms with van der Waals surface area (Å²) in [5, 5.41) is 13.8. The third kappa shape index (κ3) is 5.19. The largest absolute Gasteiger partial charge is 0.321 e. The van der Waals surface area contributed by atoms with Crippen molar-refractivity contribution in [3.63, 3.8) is 0 Å². The summed E-state index contributed by atoms with van der Waals surface area (Å²) in [6.45, 7) is 1.67. The molecule has 0 spiro atoms. The highest BCUT2D eigenvalue weighted by molar-refractivity contribution is 6.31. The third-order valence-electron chi connectivity index (χ3n) is 4.02. The Bertz CT molecular complexity index is 1080. The monoisotopic (exact) mass is 426 g/mol. The first-order chi connectivity index (χ1) is 13.8. The third-order valence-corrected chi connectivity index (χ3v) is 4.48. The first-order valence-electron chi connectivity index (χ1n) is 8.53. The van der Waals surface area contributed by atoms with Crippen molar-refractivity contribution in [1.29, 1.82) is 5.41 Å². The molecular weight excluding hydrogens is 411 g/mol. The number of aromatic nitrogens is 1. The maximum atomic E-state index is 12.7. The van der Waals surface area contributed by atoms with Crippen molar-refractivity contribution < 1.29 is 9.59 Å². The van der Waals surface area contributed by atoms with E-state index >= 15 is 0 Å². The van der Waals surface area contributed by atoms with Gasteiger partial charge < -0.3 is 16.0 Å². The van der Waals surface area contributed by atoms with E-state index in [2.05, 4.69) is 15.6 Å². The van der Waals surface area contributed by atoms with E-state index < -0.39 is 5.91 Å². The van der Waals surface area contributed by atoms with Crippen LogP contribution in [-0.2, 0) is 0 Å². The zero-order valence-electron chi connectivity index (χ0n) is 15.3. The highest BCUT2D eigenvalue weighted by atomic mass is 35.5. The van der Waals surface area contributed by atoms with E-state index in [0.29, 0.717) is 32.8 Å². The van der Waals surface area contributed by atoms with Crippen LogP contribution in [-0.4, -0.2) is 22.5 Å². The number of benzene rings is 2. The number of carbonyl (C=O) groups excluding carboxylic acids is 2. The molecule has 146 valence electrons. The van der Waals surface area contributed by atoms with Crippen LogP contribution in [0.1, 0.15) is 33.2 Å². The minimum Gasteiger partial charge on any atom is -0.321 e. The number of pyridine rings is 1. The molecule has 0 atom stereocenters. The van der Waals surface area contributed by atoms with E-state index in [1.165, 1.54) is 12.3 Å². The van der Waals surface area contributed by atoms with E-state index in [-0.39, 0.29) is 11.5 Å². The van der Waals surface area contributed by atoms with Crippen LogP contribution in [0.25, 0.3) is 0 Å². The van der Waals surface area contributed by atoms with Crippen molar-refractivity contribution >= 4 is 52.2 Å². The molecule has 0 saturated heterocycles. The average molecular weight is 427 g/mol. The Kier molecular flexibility index (Phi) is 6.26. The second-order valence-electron chi connectivity index (χ2n) is 6.16. The Balaban J connectivity index is 1.82. The topological polar surface area (TPSA) is 94.9 Å². The molecule has 0 bridgehead atoms. The van der Waals surface area contributed by atoms with Crippen molar-refractivity contribution in [2.24, 2.45) is 0 Å². The van der Waals surface area contributed by atoms with Gasteiger partial charge in [-0.25, -0.2) is 4.98 Å². The summed E-state index contributed by atoms with van der Waals surface area (Å²) >= 11 is 11.8. The maximum Gasteiger partial charge on any atom is 0.258 e. The molecule has 3 rings (SSSR count). The molecule has 0 radical (unpaired) electrons. The first kappa shape index (κ1) is 20.5. The van der Waals surface area contributed by atoms with E-state index in [4.69, 9.17) is 28.6 Å².